The van der Waals surface area contributed by atoms with Gasteiger partial charge >= 0.3 is 0 Å². The van der Waals surface area contributed by atoms with Gasteiger partial charge in [0.1, 0.15) is 15.3 Å². The van der Waals surface area contributed by atoms with Crippen molar-refractivity contribution in [3.8, 4) is 5.75 Å². The van der Waals surface area contributed by atoms with E-state index in [1.165, 1.54) is 22.0 Å². The lowest BCUT2D eigenvalue weighted by atomic mass is 10.2. The molecule has 0 saturated heterocycles. The highest BCUT2D eigenvalue weighted by Gasteiger charge is 2.19. The van der Waals surface area contributed by atoms with E-state index in [1.807, 2.05) is 37.3 Å². The maximum Gasteiger partial charge on any atom is 0.272 e. The number of thiophene rings is 1. The molecule has 0 aliphatic carbocycles. The Morgan fingerprint density at radius 3 is 2.78 bits per heavy atom. The van der Waals surface area contributed by atoms with Crippen LogP contribution in [0.3, 0.4) is 0 Å². The number of thioether (sulfide) groups is 1. The summed E-state index contributed by atoms with van der Waals surface area (Å²) in [5.74, 6) is -1.97. The van der Waals surface area contributed by atoms with Gasteiger partial charge in [0.2, 0.25) is 5.91 Å². The summed E-state index contributed by atoms with van der Waals surface area (Å²) in [5, 5.41) is 3.64. The number of para-hydroxylation sites is 1. The van der Waals surface area contributed by atoms with Crippen molar-refractivity contribution in [2.45, 2.75) is 18.6 Å². The monoisotopic (exact) mass is 538 g/mol. The zero-order valence-corrected chi connectivity index (χ0v) is 21.2. The van der Waals surface area contributed by atoms with Crippen LogP contribution in [0.2, 0.25) is 0 Å². The van der Waals surface area contributed by atoms with E-state index in [9.17, 15) is 18.4 Å². The van der Waals surface area contributed by atoms with Crippen molar-refractivity contribution in [3.63, 3.8) is 0 Å². The van der Waals surface area contributed by atoms with E-state index >= 15 is 0 Å². The minimum absolute atomic E-state index is 0.107. The lowest BCUT2D eigenvalue weighted by Gasteiger charge is -2.15. The fourth-order valence-electron chi connectivity index (χ4n) is 3.79. The number of nitrogens with zero attached hydrogens (tertiary/aromatic N) is 3. The van der Waals surface area contributed by atoms with Crippen LogP contribution in [-0.4, -0.2) is 32.8 Å². The first-order valence-corrected chi connectivity index (χ1v) is 13.1. The molecule has 0 unspecified atom stereocenters. The lowest BCUT2D eigenvalue weighted by Crippen LogP contribution is -2.24. The first kappa shape index (κ1) is 24.8. The normalized spacial score (nSPS) is 11.2. The second-order valence-electron chi connectivity index (χ2n) is 7.93. The molecule has 0 aliphatic rings. The summed E-state index contributed by atoms with van der Waals surface area (Å²) < 4.78 is 34.5. The zero-order chi connectivity index (χ0) is 25.9. The van der Waals surface area contributed by atoms with Gasteiger partial charge in [-0.15, -0.1) is 11.3 Å². The predicted molar refractivity (Wildman–Crippen MR) is 142 cm³/mol. The van der Waals surface area contributed by atoms with Crippen LogP contribution in [0, 0.1) is 11.6 Å². The van der Waals surface area contributed by atoms with Gasteiger partial charge in [0.15, 0.2) is 16.8 Å². The van der Waals surface area contributed by atoms with Gasteiger partial charge in [-0.3, -0.25) is 14.2 Å². The van der Waals surface area contributed by atoms with E-state index < -0.39 is 17.5 Å². The molecule has 188 valence electrons. The van der Waals surface area contributed by atoms with E-state index in [1.54, 1.807) is 12.3 Å². The number of amides is 1. The molecule has 1 N–H and O–H groups in total. The van der Waals surface area contributed by atoms with Gasteiger partial charge in [0.25, 0.3) is 5.56 Å². The lowest BCUT2D eigenvalue weighted by molar-refractivity contribution is -0.113. The Morgan fingerprint density at radius 1 is 1.14 bits per heavy atom. The number of rotatable bonds is 8. The predicted octanol–water partition coefficient (Wildman–Crippen LogP) is 5.46. The molecule has 0 aliphatic heterocycles. The third-order valence-corrected chi connectivity index (χ3v) is 7.52. The van der Waals surface area contributed by atoms with E-state index in [0.29, 0.717) is 32.6 Å². The van der Waals surface area contributed by atoms with Gasteiger partial charge in [0, 0.05) is 28.9 Å². The first-order valence-electron chi connectivity index (χ1n) is 11.3. The van der Waals surface area contributed by atoms with Crippen molar-refractivity contribution in [1.82, 2.24) is 14.5 Å². The topological polar surface area (TPSA) is 86.1 Å². The van der Waals surface area contributed by atoms with Crippen LogP contribution in [0.15, 0.2) is 70.7 Å². The molecule has 11 heteroatoms. The summed E-state index contributed by atoms with van der Waals surface area (Å²) in [6.45, 7) is 2.54. The molecule has 0 radical (unpaired) electrons. The molecular formula is C26H20F2N4O3S2. The van der Waals surface area contributed by atoms with Gasteiger partial charge < -0.3 is 10.1 Å². The van der Waals surface area contributed by atoms with Crippen molar-refractivity contribution in [2.24, 2.45) is 0 Å². The zero-order valence-electron chi connectivity index (χ0n) is 19.5. The summed E-state index contributed by atoms with van der Waals surface area (Å²) in [7, 11) is 0. The molecule has 0 spiro atoms. The van der Waals surface area contributed by atoms with Crippen LogP contribution in [-0.2, 0) is 11.3 Å². The number of carbonyl (C=O) groups is 1. The molecule has 3 aromatic heterocycles. The number of ether oxygens (including phenoxy) is 1. The molecule has 2 aromatic carbocycles. The van der Waals surface area contributed by atoms with E-state index in [-0.39, 0.29) is 23.5 Å². The second kappa shape index (κ2) is 10.7. The van der Waals surface area contributed by atoms with E-state index in [4.69, 9.17) is 9.72 Å². The summed E-state index contributed by atoms with van der Waals surface area (Å²) >= 11 is 2.35. The van der Waals surface area contributed by atoms with Crippen molar-refractivity contribution in [3.05, 3.63) is 88.3 Å². The minimum atomic E-state index is -1.06. The maximum absolute atomic E-state index is 13.7. The molecule has 0 atom stereocenters. The van der Waals surface area contributed by atoms with E-state index in [0.717, 1.165) is 34.8 Å². The number of aromatic nitrogens is 3. The fraction of sp³-hybridized carbons (Fsp3) is 0.154. The fourth-order valence-corrected chi connectivity index (χ4v) is 5.62. The van der Waals surface area contributed by atoms with Crippen LogP contribution in [0.4, 0.5) is 14.5 Å². The van der Waals surface area contributed by atoms with Crippen LogP contribution >= 0.6 is 23.1 Å². The van der Waals surface area contributed by atoms with Crippen molar-refractivity contribution >= 4 is 55.1 Å². The van der Waals surface area contributed by atoms with Crippen LogP contribution in [0.25, 0.3) is 20.4 Å². The average molecular weight is 539 g/mol. The van der Waals surface area contributed by atoms with Crippen LogP contribution in [0.5, 0.6) is 5.75 Å². The standard InChI is InChI=1S/C26H20F2N4O3S2/c1-2-35-20-8-4-3-6-15(20)13-32-25(34)23-22(17-7-5-11-29-24(17)37-23)31-26(32)36-14-21(33)30-16-9-10-18(27)19(28)12-16/h3-12H,2,13-14H2,1H3,(H,30,33). The molecule has 7 nitrogen and oxygen atoms in total. The highest BCUT2D eigenvalue weighted by atomic mass is 32.2. The molecule has 0 fully saturated rings. The molecule has 5 rings (SSSR count). The maximum atomic E-state index is 13.7. The summed E-state index contributed by atoms with van der Waals surface area (Å²) in [5.41, 5.74) is 1.20. The number of halogens is 2. The van der Waals surface area contributed by atoms with Crippen molar-refractivity contribution in [1.29, 1.82) is 0 Å². The van der Waals surface area contributed by atoms with Crippen molar-refractivity contribution in [2.75, 3.05) is 17.7 Å². The largest absolute Gasteiger partial charge is 0.494 e. The number of nitrogens with one attached hydrogen (secondary N) is 1. The number of benzene rings is 2. The SMILES string of the molecule is CCOc1ccccc1Cn1c(SCC(=O)Nc2ccc(F)c(F)c2)nc2c(sc3ncccc32)c1=O. The third-order valence-electron chi connectivity index (χ3n) is 5.45. The Morgan fingerprint density at radius 2 is 1.97 bits per heavy atom. The Bertz CT molecular complexity index is 1690. The molecule has 37 heavy (non-hydrogen) atoms. The Kier molecular flexibility index (Phi) is 7.15. The number of pyridine rings is 1. The van der Waals surface area contributed by atoms with Gasteiger partial charge in [-0.05, 0) is 37.3 Å². The highest BCUT2D eigenvalue weighted by molar-refractivity contribution is 7.99. The average Bonchev–Trinajstić information content (AvgIpc) is 3.27. The number of carbonyl (C=O) groups excluding carboxylic acids is 1. The second-order valence-corrected chi connectivity index (χ2v) is 9.87. The van der Waals surface area contributed by atoms with Gasteiger partial charge in [-0.1, -0.05) is 30.0 Å². The van der Waals surface area contributed by atoms with Gasteiger partial charge in [-0.2, -0.15) is 0 Å². The summed E-state index contributed by atoms with van der Waals surface area (Å²) in [6, 6.07) is 14.2. The number of fused-ring (bicyclic) bond motifs is 3. The van der Waals surface area contributed by atoms with E-state index in [2.05, 4.69) is 10.3 Å². The molecule has 3 heterocycles. The smallest absolute Gasteiger partial charge is 0.272 e. The number of hydrogen-bond donors (Lipinski definition) is 1. The molecule has 5 aromatic rings. The third kappa shape index (κ3) is 5.18. The molecule has 1 amide bonds. The van der Waals surface area contributed by atoms with Crippen LogP contribution < -0.4 is 15.6 Å². The quantitative estimate of drug-likeness (QED) is 0.209. The number of anilines is 1. The van der Waals surface area contributed by atoms with Crippen LogP contribution in [0.1, 0.15) is 12.5 Å². The minimum Gasteiger partial charge on any atom is -0.494 e. The van der Waals surface area contributed by atoms with Gasteiger partial charge in [0.05, 0.1) is 24.4 Å². The summed E-state index contributed by atoms with van der Waals surface area (Å²) in [6.07, 6.45) is 1.66. The molecule has 0 saturated carbocycles. The number of hydrogen-bond acceptors (Lipinski definition) is 7. The van der Waals surface area contributed by atoms with Gasteiger partial charge in [-0.25, -0.2) is 18.7 Å². The Hall–Kier alpha value is -3.83. The highest BCUT2D eigenvalue weighted by Crippen LogP contribution is 2.31. The van der Waals surface area contributed by atoms with Crippen molar-refractivity contribution < 1.29 is 18.3 Å². The summed E-state index contributed by atoms with van der Waals surface area (Å²) in [4.78, 5) is 36.1. The molecular weight excluding hydrogens is 518 g/mol. The Labute approximate surface area is 218 Å². The molecule has 0 bridgehead atoms. The first-order chi connectivity index (χ1) is 17.9. The Balaban J connectivity index is 1.51.